The second kappa shape index (κ2) is 2.93. The Hall–Kier alpha value is -0.780. The summed E-state index contributed by atoms with van der Waals surface area (Å²) in [6.07, 6.45) is 1.40. The smallest absolute Gasteiger partial charge is 0.0128 e. The number of rotatable bonds is 2. The molecule has 2 unspecified atom stereocenters. The molecule has 0 bridgehead atoms. The topological polar surface area (TPSA) is 0 Å². The van der Waals surface area contributed by atoms with Crippen molar-refractivity contribution < 1.29 is 0 Å². The quantitative estimate of drug-likeness (QED) is 0.621. The van der Waals surface area contributed by atoms with Crippen LogP contribution in [0.2, 0.25) is 0 Å². The van der Waals surface area contributed by atoms with Crippen LogP contribution in [0.3, 0.4) is 0 Å². The standard InChI is InChI=1S/C12H16/c1-9(2)11-8-12(11)10-6-4-3-5-7-10/h3-7,9,11-12H,8H2,1-2H3. The van der Waals surface area contributed by atoms with Gasteiger partial charge in [-0.3, -0.25) is 0 Å². The van der Waals surface area contributed by atoms with Crippen LogP contribution in [-0.2, 0) is 0 Å². The Labute approximate surface area is 74.6 Å². The lowest BCUT2D eigenvalue weighted by atomic mass is 10.0. The molecule has 2 rings (SSSR count). The van der Waals surface area contributed by atoms with Gasteiger partial charge in [0, 0.05) is 0 Å². The second-order valence-electron chi connectivity index (χ2n) is 4.16. The molecule has 0 heteroatoms. The molecule has 0 radical (unpaired) electrons. The molecule has 1 saturated carbocycles. The van der Waals surface area contributed by atoms with Gasteiger partial charge in [-0.25, -0.2) is 0 Å². The van der Waals surface area contributed by atoms with Crippen molar-refractivity contribution in [2.24, 2.45) is 11.8 Å². The van der Waals surface area contributed by atoms with Crippen molar-refractivity contribution in [3.05, 3.63) is 35.9 Å². The first-order chi connectivity index (χ1) is 5.79. The van der Waals surface area contributed by atoms with E-state index in [1.807, 2.05) is 0 Å². The first kappa shape index (κ1) is 7.85. The van der Waals surface area contributed by atoms with Crippen LogP contribution in [0.4, 0.5) is 0 Å². The van der Waals surface area contributed by atoms with Crippen LogP contribution in [-0.4, -0.2) is 0 Å². The summed E-state index contributed by atoms with van der Waals surface area (Å²) in [5, 5.41) is 0. The molecule has 0 aromatic heterocycles. The maximum absolute atomic E-state index is 2.33. The van der Waals surface area contributed by atoms with E-state index in [2.05, 4.69) is 44.2 Å². The predicted molar refractivity (Wildman–Crippen MR) is 52.1 cm³/mol. The Morgan fingerprint density at radius 2 is 1.83 bits per heavy atom. The van der Waals surface area contributed by atoms with E-state index in [-0.39, 0.29) is 0 Å². The predicted octanol–water partition coefficient (Wildman–Crippen LogP) is 3.45. The Morgan fingerprint density at radius 3 is 2.33 bits per heavy atom. The number of hydrogen-bond acceptors (Lipinski definition) is 0. The maximum Gasteiger partial charge on any atom is -0.0128 e. The highest BCUT2D eigenvalue weighted by Crippen LogP contribution is 2.51. The molecule has 0 nitrogen and oxygen atoms in total. The number of hydrogen-bond donors (Lipinski definition) is 0. The maximum atomic E-state index is 2.33. The van der Waals surface area contributed by atoms with Gasteiger partial charge in [0.2, 0.25) is 0 Å². The van der Waals surface area contributed by atoms with Gasteiger partial charge in [0.25, 0.3) is 0 Å². The van der Waals surface area contributed by atoms with Crippen LogP contribution in [0.5, 0.6) is 0 Å². The first-order valence-corrected chi connectivity index (χ1v) is 4.84. The molecule has 0 N–H and O–H groups in total. The molecule has 12 heavy (non-hydrogen) atoms. The molecule has 1 aliphatic rings. The van der Waals surface area contributed by atoms with Crippen molar-refractivity contribution in [2.45, 2.75) is 26.2 Å². The molecular formula is C12H16. The lowest BCUT2D eigenvalue weighted by Gasteiger charge is -2.02. The largest absolute Gasteiger partial charge is 0.0625 e. The molecular weight excluding hydrogens is 144 g/mol. The van der Waals surface area contributed by atoms with E-state index in [4.69, 9.17) is 0 Å². The van der Waals surface area contributed by atoms with Gasteiger partial charge in [-0.15, -0.1) is 0 Å². The third kappa shape index (κ3) is 1.38. The molecule has 0 heterocycles. The summed E-state index contributed by atoms with van der Waals surface area (Å²) in [5.41, 5.74) is 1.54. The van der Waals surface area contributed by atoms with E-state index in [0.29, 0.717) is 0 Å². The first-order valence-electron chi connectivity index (χ1n) is 4.84. The molecule has 1 aromatic rings. The Morgan fingerprint density at radius 1 is 1.17 bits per heavy atom. The fourth-order valence-corrected chi connectivity index (χ4v) is 2.03. The second-order valence-corrected chi connectivity index (χ2v) is 4.16. The Bertz CT molecular complexity index is 248. The summed E-state index contributed by atoms with van der Waals surface area (Å²) < 4.78 is 0. The highest BCUT2D eigenvalue weighted by atomic mass is 14.4. The fraction of sp³-hybridized carbons (Fsp3) is 0.500. The molecule has 0 amide bonds. The summed E-state index contributed by atoms with van der Waals surface area (Å²) in [7, 11) is 0. The molecule has 0 saturated heterocycles. The lowest BCUT2D eigenvalue weighted by molar-refractivity contribution is 0.549. The number of benzene rings is 1. The highest BCUT2D eigenvalue weighted by Gasteiger charge is 2.39. The van der Waals surface area contributed by atoms with Gasteiger partial charge in [0.15, 0.2) is 0 Å². The van der Waals surface area contributed by atoms with Gasteiger partial charge in [0.1, 0.15) is 0 Å². The molecule has 2 atom stereocenters. The van der Waals surface area contributed by atoms with Crippen LogP contribution in [0.25, 0.3) is 0 Å². The summed E-state index contributed by atoms with van der Waals surface area (Å²) in [6, 6.07) is 10.9. The molecule has 0 aliphatic heterocycles. The van der Waals surface area contributed by atoms with E-state index < -0.39 is 0 Å². The van der Waals surface area contributed by atoms with Gasteiger partial charge in [-0.05, 0) is 29.7 Å². The highest BCUT2D eigenvalue weighted by molar-refractivity contribution is 5.25. The SMILES string of the molecule is CC(C)C1CC1c1ccccc1. The zero-order chi connectivity index (χ0) is 8.55. The Kier molecular flexibility index (Phi) is 1.92. The van der Waals surface area contributed by atoms with Crippen LogP contribution in [0, 0.1) is 11.8 Å². The van der Waals surface area contributed by atoms with E-state index >= 15 is 0 Å². The van der Waals surface area contributed by atoms with Crippen LogP contribution >= 0.6 is 0 Å². The van der Waals surface area contributed by atoms with E-state index in [9.17, 15) is 0 Å². The van der Waals surface area contributed by atoms with Crippen molar-refractivity contribution in [2.75, 3.05) is 0 Å². The van der Waals surface area contributed by atoms with Crippen molar-refractivity contribution in [1.82, 2.24) is 0 Å². The third-order valence-electron chi connectivity index (χ3n) is 2.92. The minimum Gasteiger partial charge on any atom is -0.0625 e. The normalized spacial score (nSPS) is 27.6. The van der Waals surface area contributed by atoms with E-state index in [1.165, 1.54) is 12.0 Å². The molecule has 0 spiro atoms. The van der Waals surface area contributed by atoms with Crippen molar-refractivity contribution >= 4 is 0 Å². The van der Waals surface area contributed by atoms with Crippen LogP contribution in [0.15, 0.2) is 30.3 Å². The van der Waals surface area contributed by atoms with Crippen molar-refractivity contribution in [1.29, 1.82) is 0 Å². The van der Waals surface area contributed by atoms with E-state index in [0.717, 1.165) is 17.8 Å². The van der Waals surface area contributed by atoms with Crippen molar-refractivity contribution in [3.63, 3.8) is 0 Å². The molecule has 64 valence electrons. The summed E-state index contributed by atoms with van der Waals surface area (Å²) in [5.74, 6) is 2.67. The monoisotopic (exact) mass is 160 g/mol. The minimum atomic E-state index is 0.857. The Balaban J connectivity index is 2.06. The van der Waals surface area contributed by atoms with Crippen LogP contribution < -0.4 is 0 Å². The zero-order valence-corrected chi connectivity index (χ0v) is 7.83. The van der Waals surface area contributed by atoms with Gasteiger partial charge in [-0.1, -0.05) is 44.2 Å². The average Bonchev–Trinajstić information content (AvgIpc) is 2.84. The average molecular weight is 160 g/mol. The van der Waals surface area contributed by atoms with Crippen molar-refractivity contribution in [3.8, 4) is 0 Å². The lowest BCUT2D eigenvalue weighted by Crippen LogP contribution is -1.91. The van der Waals surface area contributed by atoms with E-state index in [1.54, 1.807) is 0 Å². The van der Waals surface area contributed by atoms with Gasteiger partial charge in [-0.2, -0.15) is 0 Å². The zero-order valence-electron chi connectivity index (χ0n) is 7.83. The molecule has 1 aliphatic carbocycles. The third-order valence-corrected chi connectivity index (χ3v) is 2.92. The van der Waals surface area contributed by atoms with Gasteiger partial charge < -0.3 is 0 Å². The van der Waals surface area contributed by atoms with Gasteiger partial charge in [0.05, 0.1) is 0 Å². The van der Waals surface area contributed by atoms with Crippen LogP contribution in [0.1, 0.15) is 31.7 Å². The molecule has 1 aromatic carbocycles. The fourth-order valence-electron chi connectivity index (χ4n) is 2.03. The minimum absolute atomic E-state index is 0.857. The van der Waals surface area contributed by atoms with Gasteiger partial charge >= 0.3 is 0 Å². The summed E-state index contributed by atoms with van der Waals surface area (Å²) in [4.78, 5) is 0. The molecule has 1 fully saturated rings. The summed E-state index contributed by atoms with van der Waals surface area (Å²) >= 11 is 0. The summed E-state index contributed by atoms with van der Waals surface area (Å²) in [6.45, 7) is 4.65.